The van der Waals surface area contributed by atoms with Gasteiger partial charge in [-0.2, -0.15) is 13.9 Å². The fourth-order valence-corrected chi connectivity index (χ4v) is 4.25. The van der Waals surface area contributed by atoms with Gasteiger partial charge in [0.2, 0.25) is 0 Å². The van der Waals surface area contributed by atoms with Crippen LogP contribution in [0.5, 0.6) is 0 Å². The second-order valence-electron chi connectivity index (χ2n) is 8.49. The Bertz CT molecular complexity index is 1310. The van der Waals surface area contributed by atoms with Crippen molar-refractivity contribution in [3.05, 3.63) is 88.2 Å². The summed E-state index contributed by atoms with van der Waals surface area (Å²) in [6, 6.07) is 13.5. The average molecular weight is 498 g/mol. The number of aryl methyl sites for hydroxylation is 2. The van der Waals surface area contributed by atoms with Crippen molar-refractivity contribution in [3.63, 3.8) is 0 Å². The van der Waals surface area contributed by atoms with Crippen molar-refractivity contribution in [1.82, 2.24) is 9.99 Å². The fraction of sp³-hybridized carbons (Fsp3) is 0.231. The van der Waals surface area contributed by atoms with Crippen molar-refractivity contribution < 1.29 is 23.5 Å². The molecule has 0 radical (unpaired) electrons. The van der Waals surface area contributed by atoms with Gasteiger partial charge in [0.15, 0.2) is 0 Å². The molecule has 0 saturated carbocycles. The van der Waals surface area contributed by atoms with Crippen molar-refractivity contribution >= 4 is 29.2 Å². The molecule has 0 saturated heterocycles. The molecule has 0 aliphatic carbocycles. The number of nitrogens with zero attached hydrogens (tertiary/aromatic N) is 3. The summed E-state index contributed by atoms with van der Waals surface area (Å²) < 4.78 is 29.2. The number of amides is 1. The van der Waals surface area contributed by atoms with E-state index in [1.165, 1.54) is 0 Å². The van der Waals surface area contributed by atoms with E-state index in [9.17, 15) is 18.4 Å². The van der Waals surface area contributed by atoms with Crippen LogP contribution in [0.4, 0.5) is 8.78 Å². The zero-order valence-electron chi connectivity index (χ0n) is 19.0. The van der Waals surface area contributed by atoms with Crippen LogP contribution in [0, 0.1) is 13.8 Å². The van der Waals surface area contributed by atoms with E-state index in [2.05, 4.69) is 10.1 Å². The molecule has 180 valence electrons. The molecule has 1 N–H and O–H groups in total. The fourth-order valence-electron chi connectivity index (χ4n) is 4.13. The molecule has 3 aromatic rings. The number of hydrogen-bond donors (Lipinski definition) is 1. The summed E-state index contributed by atoms with van der Waals surface area (Å²) in [5.41, 5.74) is 5.04. The maximum absolute atomic E-state index is 14.6. The second-order valence-corrected chi connectivity index (χ2v) is 8.92. The van der Waals surface area contributed by atoms with Gasteiger partial charge in [0, 0.05) is 29.4 Å². The van der Waals surface area contributed by atoms with E-state index in [1.54, 1.807) is 36.7 Å². The number of carbonyl (C=O) groups is 2. The van der Waals surface area contributed by atoms with Gasteiger partial charge >= 0.3 is 17.8 Å². The van der Waals surface area contributed by atoms with E-state index in [4.69, 9.17) is 16.7 Å². The number of pyridine rings is 1. The first-order valence-electron chi connectivity index (χ1n) is 10.8. The Morgan fingerprint density at radius 1 is 1.09 bits per heavy atom. The van der Waals surface area contributed by atoms with E-state index >= 15 is 0 Å². The van der Waals surface area contributed by atoms with Crippen molar-refractivity contribution in [2.24, 2.45) is 5.10 Å². The molecule has 0 bridgehead atoms. The van der Waals surface area contributed by atoms with E-state index in [0.717, 1.165) is 27.3 Å². The van der Waals surface area contributed by atoms with Crippen LogP contribution in [0.1, 0.15) is 41.1 Å². The summed E-state index contributed by atoms with van der Waals surface area (Å²) in [6.45, 7) is 3.76. The maximum atomic E-state index is 14.6. The van der Waals surface area contributed by atoms with Crippen molar-refractivity contribution in [1.29, 1.82) is 0 Å². The van der Waals surface area contributed by atoms with Gasteiger partial charge in [-0.15, -0.1) is 0 Å². The quantitative estimate of drug-likeness (QED) is 0.466. The lowest BCUT2D eigenvalue weighted by Gasteiger charge is -2.25. The number of rotatable bonds is 6. The molecule has 6 nitrogen and oxygen atoms in total. The van der Waals surface area contributed by atoms with Crippen LogP contribution in [0.2, 0.25) is 5.02 Å². The summed E-state index contributed by atoms with van der Waals surface area (Å²) in [4.78, 5) is 28.1. The highest BCUT2D eigenvalue weighted by Crippen LogP contribution is 2.39. The maximum Gasteiger partial charge on any atom is 0.337 e. The molecule has 2 heterocycles. The Labute approximate surface area is 205 Å². The SMILES string of the molecule is Cc1ccc(C2CC(c3cncc(C)c3-c3ccc(Cl)cc3)=NN2C(=O)C(F)(F)CC(=O)O)cc1. The Balaban J connectivity index is 1.81. The van der Waals surface area contributed by atoms with Crippen molar-refractivity contribution in [2.45, 2.75) is 38.7 Å². The highest BCUT2D eigenvalue weighted by molar-refractivity contribution is 6.30. The Hall–Kier alpha value is -3.65. The average Bonchev–Trinajstić information content (AvgIpc) is 3.24. The summed E-state index contributed by atoms with van der Waals surface area (Å²) in [5.74, 6) is -7.54. The molecule has 4 rings (SSSR count). The van der Waals surface area contributed by atoms with Crippen LogP contribution in [-0.4, -0.2) is 38.6 Å². The minimum Gasteiger partial charge on any atom is -0.481 e. The Morgan fingerprint density at radius 2 is 1.74 bits per heavy atom. The number of aromatic nitrogens is 1. The molecular weight excluding hydrogens is 476 g/mol. The van der Waals surface area contributed by atoms with Gasteiger partial charge in [0.25, 0.3) is 0 Å². The second kappa shape index (κ2) is 9.54. The predicted octanol–water partition coefficient (Wildman–Crippen LogP) is 5.81. The number of aliphatic carboxylic acids is 1. The van der Waals surface area contributed by atoms with Gasteiger partial charge in [-0.25, -0.2) is 5.01 Å². The zero-order chi connectivity index (χ0) is 25.3. The summed E-state index contributed by atoms with van der Waals surface area (Å²) in [5, 5.41) is 14.5. The smallest absolute Gasteiger partial charge is 0.337 e. The van der Waals surface area contributed by atoms with Gasteiger partial charge in [-0.3, -0.25) is 14.6 Å². The van der Waals surface area contributed by atoms with Gasteiger partial charge in [-0.05, 0) is 48.2 Å². The zero-order valence-corrected chi connectivity index (χ0v) is 19.8. The molecule has 0 spiro atoms. The molecule has 1 aliphatic rings. The van der Waals surface area contributed by atoms with E-state index in [-0.39, 0.29) is 6.42 Å². The van der Waals surface area contributed by atoms with Gasteiger partial charge in [0.05, 0.1) is 11.8 Å². The Morgan fingerprint density at radius 3 is 2.37 bits per heavy atom. The van der Waals surface area contributed by atoms with Crippen LogP contribution in [-0.2, 0) is 9.59 Å². The monoisotopic (exact) mass is 497 g/mol. The van der Waals surface area contributed by atoms with Crippen LogP contribution < -0.4 is 0 Å². The first-order chi connectivity index (χ1) is 16.6. The number of halogens is 3. The number of hydrogen-bond acceptors (Lipinski definition) is 4. The predicted molar refractivity (Wildman–Crippen MR) is 129 cm³/mol. The van der Waals surface area contributed by atoms with Crippen molar-refractivity contribution in [2.75, 3.05) is 0 Å². The molecule has 9 heteroatoms. The van der Waals surface area contributed by atoms with Crippen LogP contribution in [0.25, 0.3) is 11.1 Å². The standard InChI is InChI=1S/C26H22ClF2N3O3/c1-15-3-5-17(6-4-15)22-11-21(31-32(22)25(35)26(28,29)12-23(33)34)20-14-30-13-16(2)24(20)18-7-9-19(27)10-8-18/h3-10,13-14,22H,11-12H2,1-2H3,(H,33,34). The van der Waals surface area contributed by atoms with Gasteiger partial charge in [0.1, 0.15) is 6.42 Å². The number of benzene rings is 2. The van der Waals surface area contributed by atoms with Crippen LogP contribution >= 0.6 is 11.6 Å². The third kappa shape index (κ3) is 5.07. The molecule has 35 heavy (non-hydrogen) atoms. The third-order valence-electron chi connectivity index (χ3n) is 5.85. The van der Waals surface area contributed by atoms with E-state index in [1.807, 2.05) is 38.1 Å². The lowest BCUT2D eigenvalue weighted by molar-refractivity contribution is -0.167. The molecule has 1 aromatic heterocycles. The van der Waals surface area contributed by atoms with E-state index in [0.29, 0.717) is 21.9 Å². The third-order valence-corrected chi connectivity index (χ3v) is 6.10. The van der Waals surface area contributed by atoms with Gasteiger partial charge < -0.3 is 5.11 Å². The summed E-state index contributed by atoms with van der Waals surface area (Å²) in [6.07, 6.45) is 1.81. The highest BCUT2D eigenvalue weighted by atomic mass is 35.5. The first-order valence-corrected chi connectivity index (χ1v) is 11.2. The molecule has 1 unspecified atom stereocenters. The minimum atomic E-state index is -4.11. The van der Waals surface area contributed by atoms with Crippen LogP contribution in [0.3, 0.4) is 0 Å². The largest absolute Gasteiger partial charge is 0.481 e. The number of alkyl halides is 2. The number of hydrazone groups is 1. The number of carboxylic acids is 1. The lowest BCUT2D eigenvalue weighted by atomic mass is 9.91. The highest BCUT2D eigenvalue weighted by Gasteiger charge is 2.48. The van der Waals surface area contributed by atoms with Crippen LogP contribution in [0.15, 0.2) is 66.0 Å². The minimum absolute atomic E-state index is 0.156. The molecule has 1 aliphatic heterocycles. The number of carbonyl (C=O) groups excluding carboxylic acids is 1. The topological polar surface area (TPSA) is 82.9 Å². The summed E-state index contributed by atoms with van der Waals surface area (Å²) >= 11 is 6.04. The molecule has 1 amide bonds. The van der Waals surface area contributed by atoms with Crippen molar-refractivity contribution in [3.8, 4) is 11.1 Å². The molecular formula is C26H22ClF2N3O3. The normalized spacial score (nSPS) is 15.7. The van der Waals surface area contributed by atoms with E-state index < -0.39 is 30.3 Å². The lowest BCUT2D eigenvalue weighted by Crippen LogP contribution is -2.42. The molecule has 2 aromatic carbocycles. The first kappa shape index (κ1) is 24.5. The number of carboxylic acid groups (broad SMARTS) is 1. The molecule has 1 atom stereocenters. The summed E-state index contributed by atoms with van der Waals surface area (Å²) in [7, 11) is 0. The molecule has 0 fully saturated rings. The Kier molecular flexibility index (Phi) is 6.67. The van der Waals surface area contributed by atoms with Gasteiger partial charge in [-0.1, -0.05) is 53.6 Å².